The normalized spacial score (nSPS) is 12.2. The van der Waals surface area contributed by atoms with Crippen molar-refractivity contribution in [1.82, 2.24) is 4.57 Å². The zero-order valence-electron chi connectivity index (χ0n) is 10.7. The molecule has 0 aliphatic heterocycles. The summed E-state index contributed by atoms with van der Waals surface area (Å²) in [6, 6.07) is 8.16. The van der Waals surface area contributed by atoms with Gasteiger partial charge in [-0.2, -0.15) is 0 Å². The fourth-order valence-electron chi connectivity index (χ4n) is 1.79. The molecule has 0 fully saturated rings. The van der Waals surface area contributed by atoms with Crippen LogP contribution >= 0.6 is 15.9 Å². The molecule has 0 saturated carbocycles. The highest BCUT2D eigenvalue weighted by molar-refractivity contribution is 9.10. The molecular formula is C14H14BrFN2O. The molecule has 1 unspecified atom stereocenters. The number of rotatable bonds is 3. The molecule has 1 heterocycles. The van der Waals surface area contributed by atoms with Crippen molar-refractivity contribution >= 4 is 21.6 Å². The van der Waals surface area contributed by atoms with E-state index in [1.807, 2.05) is 6.92 Å². The SMILES string of the molecule is CC(Nc1ccc(=O)n(C)c1)c1ccc(F)c(Br)c1. The average molecular weight is 325 g/mol. The summed E-state index contributed by atoms with van der Waals surface area (Å²) < 4.78 is 15.1. The minimum Gasteiger partial charge on any atom is -0.377 e. The van der Waals surface area contributed by atoms with E-state index in [9.17, 15) is 9.18 Å². The van der Waals surface area contributed by atoms with Crippen molar-refractivity contribution in [2.45, 2.75) is 13.0 Å². The first kappa shape index (κ1) is 13.8. The Labute approximate surface area is 119 Å². The summed E-state index contributed by atoms with van der Waals surface area (Å²) in [7, 11) is 1.70. The predicted octanol–water partition coefficient (Wildman–Crippen LogP) is 3.46. The smallest absolute Gasteiger partial charge is 0.250 e. The molecule has 2 rings (SSSR count). The fourth-order valence-corrected chi connectivity index (χ4v) is 2.19. The van der Waals surface area contributed by atoms with Gasteiger partial charge in [0.1, 0.15) is 5.82 Å². The molecule has 0 amide bonds. The number of benzene rings is 1. The number of halogens is 2. The van der Waals surface area contributed by atoms with Crippen molar-refractivity contribution in [2.75, 3.05) is 5.32 Å². The second-order valence-electron chi connectivity index (χ2n) is 4.41. The Bertz CT molecular complexity index is 654. The Kier molecular flexibility index (Phi) is 4.04. The summed E-state index contributed by atoms with van der Waals surface area (Å²) in [5, 5.41) is 3.27. The number of aromatic nitrogens is 1. The van der Waals surface area contributed by atoms with E-state index < -0.39 is 0 Å². The maximum atomic E-state index is 13.2. The van der Waals surface area contributed by atoms with Gasteiger partial charge < -0.3 is 9.88 Å². The summed E-state index contributed by atoms with van der Waals surface area (Å²) in [6.07, 6.45) is 1.73. The van der Waals surface area contributed by atoms with E-state index in [-0.39, 0.29) is 17.4 Å². The zero-order chi connectivity index (χ0) is 14.0. The number of hydrogen-bond donors (Lipinski definition) is 1. The number of anilines is 1. The lowest BCUT2D eigenvalue weighted by molar-refractivity contribution is 0.619. The first-order chi connectivity index (χ1) is 8.97. The van der Waals surface area contributed by atoms with E-state index in [1.165, 1.54) is 16.7 Å². The van der Waals surface area contributed by atoms with Crippen LogP contribution in [-0.4, -0.2) is 4.57 Å². The number of hydrogen-bond acceptors (Lipinski definition) is 2. The van der Waals surface area contributed by atoms with E-state index >= 15 is 0 Å². The van der Waals surface area contributed by atoms with Crippen LogP contribution in [0.5, 0.6) is 0 Å². The minimum atomic E-state index is -0.280. The van der Waals surface area contributed by atoms with Crippen LogP contribution in [-0.2, 0) is 7.05 Å². The Balaban J connectivity index is 2.20. The molecule has 1 atom stereocenters. The zero-order valence-corrected chi connectivity index (χ0v) is 12.2. The minimum absolute atomic E-state index is 0.00871. The van der Waals surface area contributed by atoms with Gasteiger partial charge in [-0.25, -0.2) is 4.39 Å². The third kappa shape index (κ3) is 3.23. The molecule has 0 aliphatic carbocycles. The average Bonchev–Trinajstić information content (AvgIpc) is 2.37. The molecule has 100 valence electrons. The largest absolute Gasteiger partial charge is 0.377 e. The van der Waals surface area contributed by atoms with Gasteiger partial charge in [-0.15, -0.1) is 0 Å². The van der Waals surface area contributed by atoms with E-state index in [1.54, 1.807) is 31.4 Å². The molecule has 1 N–H and O–H groups in total. The monoisotopic (exact) mass is 324 g/mol. The van der Waals surface area contributed by atoms with Gasteiger partial charge in [0.15, 0.2) is 0 Å². The highest BCUT2D eigenvalue weighted by Crippen LogP contribution is 2.23. The van der Waals surface area contributed by atoms with Crippen LogP contribution in [0.2, 0.25) is 0 Å². The Hall–Kier alpha value is -1.62. The Morgan fingerprint density at radius 2 is 2.05 bits per heavy atom. The lowest BCUT2D eigenvalue weighted by atomic mass is 10.1. The molecule has 0 bridgehead atoms. The van der Waals surface area contributed by atoms with Crippen molar-refractivity contribution in [3.05, 3.63) is 62.7 Å². The third-order valence-electron chi connectivity index (χ3n) is 2.91. The van der Waals surface area contributed by atoms with Crippen LogP contribution in [0.4, 0.5) is 10.1 Å². The second kappa shape index (κ2) is 5.57. The van der Waals surface area contributed by atoms with Gasteiger partial charge in [0.25, 0.3) is 0 Å². The van der Waals surface area contributed by atoms with E-state index in [0.717, 1.165) is 11.3 Å². The molecule has 3 nitrogen and oxygen atoms in total. The molecule has 0 spiro atoms. The maximum Gasteiger partial charge on any atom is 0.250 e. The van der Waals surface area contributed by atoms with Crippen LogP contribution < -0.4 is 10.9 Å². The first-order valence-electron chi connectivity index (χ1n) is 5.85. The Morgan fingerprint density at radius 1 is 1.32 bits per heavy atom. The van der Waals surface area contributed by atoms with E-state index in [4.69, 9.17) is 0 Å². The number of aryl methyl sites for hydroxylation is 1. The van der Waals surface area contributed by atoms with Gasteiger partial charge in [0.05, 0.1) is 10.2 Å². The van der Waals surface area contributed by atoms with Gasteiger partial charge in [-0.05, 0) is 46.6 Å². The van der Waals surface area contributed by atoms with Crippen molar-refractivity contribution in [1.29, 1.82) is 0 Å². The summed E-state index contributed by atoms with van der Waals surface area (Å²) in [5.74, 6) is -0.280. The molecule has 5 heteroatoms. The van der Waals surface area contributed by atoms with Crippen molar-refractivity contribution in [3.8, 4) is 0 Å². The van der Waals surface area contributed by atoms with E-state index in [0.29, 0.717) is 4.47 Å². The lowest BCUT2D eigenvalue weighted by Gasteiger charge is -2.16. The first-order valence-corrected chi connectivity index (χ1v) is 6.65. The second-order valence-corrected chi connectivity index (χ2v) is 5.26. The van der Waals surface area contributed by atoms with E-state index in [2.05, 4.69) is 21.2 Å². The highest BCUT2D eigenvalue weighted by Gasteiger charge is 2.08. The molecule has 0 aliphatic rings. The molecule has 0 radical (unpaired) electrons. The topological polar surface area (TPSA) is 34.0 Å². The van der Waals surface area contributed by atoms with Crippen molar-refractivity contribution in [3.63, 3.8) is 0 Å². The highest BCUT2D eigenvalue weighted by atomic mass is 79.9. The maximum absolute atomic E-state index is 13.2. The van der Waals surface area contributed by atoms with Crippen LogP contribution in [0.15, 0.2) is 45.8 Å². The molecular weight excluding hydrogens is 311 g/mol. The summed E-state index contributed by atoms with van der Waals surface area (Å²) in [6.45, 7) is 1.98. The summed E-state index contributed by atoms with van der Waals surface area (Å²) in [4.78, 5) is 11.3. The van der Waals surface area contributed by atoms with Crippen molar-refractivity contribution < 1.29 is 4.39 Å². The third-order valence-corrected chi connectivity index (χ3v) is 3.52. The summed E-state index contributed by atoms with van der Waals surface area (Å²) in [5.41, 5.74) is 1.75. The standard InChI is InChI=1S/C14H14BrFN2O/c1-9(10-3-5-13(16)12(15)7-10)17-11-4-6-14(19)18(2)8-11/h3-9,17H,1-2H3. The molecule has 0 saturated heterocycles. The molecule has 2 aromatic rings. The summed E-state index contributed by atoms with van der Waals surface area (Å²) >= 11 is 3.17. The van der Waals surface area contributed by atoms with Crippen molar-refractivity contribution in [2.24, 2.45) is 7.05 Å². The molecule has 1 aromatic carbocycles. The molecule has 1 aromatic heterocycles. The lowest BCUT2D eigenvalue weighted by Crippen LogP contribution is -2.16. The molecule has 19 heavy (non-hydrogen) atoms. The number of pyridine rings is 1. The van der Waals surface area contributed by atoms with Gasteiger partial charge in [-0.1, -0.05) is 6.07 Å². The van der Waals surface area contributed by atoms with Gasteiger partial charge in [-0.3, -0.25) is 4.79 Å². The van der Waals surface area contributed by atoms with Gasteiger partial charge >= 0.3 is 0 Å². The Morgan fingerprint density at radius 3 is 2.68 bits per heavy atom. The van der Waals surface area contributed by atoms with Gasteiger partial charge in [0.2, 0.25) is 5.56 Å². The van der Waals surface area contributed by atoms with Crippen LogP contribution in [0.25, 0.3) is 0 Å². The number of nitrogens with one attached hydrogen (secondary N) is 1. The van der Waals surface area contributed by atoms with Crippen LogP contribution in [0.1, 0.15) is 18.5 Å². The van der Waals surface area contributed by atoms with Gasteiger partial charge in [0, 0.05) is 25.4 Å². The predicted molar refractivity (Wildman–Crippen MR) is 77.8 cm³/mol. The van der Waals surface area contributed by atoms with Crippen LogP contribution in [0.3, 0.4) is 0 Å². The fraction of sp³-hybridized carbons (Fsp3) is 0.214. The number of nitrogens with zero attached hydrogens (tertiary/aromatic N) is 1. The quantitative estimate of drug-likeness (QED) is 0.938. The van der Waals surface area contributed by atoms with Crippen LogP contribution in [0, 0.1) is 5.82 Å².